The first kappa shape index (κ1) is 7.24. The molecule has 0 atom stereocenters. The van der Waals surface area contributed by atoms with Gasteiger partial charge in [-0.1, -0.05) is 21.0 Å². The molecule has 0 spiro atoms. The van der Waals surface area contributed by atoms with Crippen molar-refractivity contribution in [2.45, 2.75) is 0 Å². The van der Waals surface area contributed by atoms with Gasteiger partial charge < -0.3 is 9.59 Å². The van der Waals surface area contributed by atoms with Crippen LogP contribution in [0.5, 0.6) is 0 Å². The monoisotopic (exact) mass is 209 g/mol. The van der Waals surface area contributed by atoms with Crippen LogP contribution in [0.25, 0.3) is 10.4 Å². The highest BCUT2D eigenvalue weighted by Crippen LogP contribution is 1.65. The van der Waals surface area contributed by atoms with Crippen molar-refractivity contribution in [3.05, 3.63) is 10.4 Å². The quantitative estimate of drug-likeness (QED) is 0.229. The normalized spacial score (nSPS) is 8.90. The lowest BCUT2D eigenvalue weighted by Gasteiger charge is -1.58. The van der Waals surface area contributed by atoms with Crippen molar-refractivity contribution in [3.8, 4) is 0 Å². The van der Waals surface area contributed by atoms with Gasteiger partial charge in [0.1, 0.15) is 15.3 Å². The van der Waals surface area contributed by atoms with Crippen molar-refractivity contribution in [1.82, 2.24) is 0 Å². The molecule has 0 rings (SSSR count). The molecule has 0 aliphatic rings. The molecule has 0 aliphatic heterocycles. The second kappa shape index (κ2) is 15.7. The predicted octanol–water partition coefficient (Wildman–Crippen LogP) is 1.08. The summed E-state index contributed by atoms with van der Waals surface area (Å²) in [4.78, 5) is 21.3. The lowest BCUT2D eigenvalue weighted by molar-refractivity contribution is -0.107. The Morgan fingerprint density at radius 3 is 2.30 bits per heavy atom. The number of halogens is 1. The Morgan fingerprint density at radius 1 is 1.70 bits per heavy atom. The van der Waals surface area contributed by atoms with Gasteiger partial charge in [0.05, 0.1) is 11.9 Å². The first-order chi connectivity index (χ1) is 5.54. The summed E-state index contributed by atoms with van der Waals surface area (Å²) >= 11 is 2.78. The number of rotatable bonds is 3. The van der Waals surface area contributed by atoms with E-state index in [4.69, 9.17) is 8.27 Å². The first-order valence-corrected chi connectivity index (χ1v) is 3.22. The summed E-state index contributed by atoms with van der Waals surface area (Å²) in [5.74, 6) is 0. The molecular weight excluding hydrogens is 202 g/mol. The minimum atomic E-state index is -0.863. The molecule has 56 valence electrons. The molecule has 10 heavy (non-hydrogen) atoms. The molecule has 0 radical (unpaired) electrons. The van der Waals surface area contributed by atoms with E-state index >= 15 is 0 Å². The number of aldehydes is 2. The van der Waals surface area contributed by atoms with Crippen LogP contribution < -0.4 is 0 Å². The molecule has 0 aromatic rings. The molecule has 0 N–H and O–H groups in total. The zero-order valence-electron chi connectivity index (χ0n) is 6.95. The summed E-state index contributed by atoms with van der Waals surface area (Å²) in [6, 6.07) is 0. The summed E-state index contributed by atoms with van der Waals surface area (Å²) in [6.07, 6.45) is -1.44. The van der Waals surface area contributed by atoms with Gasteiger partial charge in [0.25, 0.3) is 0 Å². The van der Waals surface area contributed by atoms with Gasteiger partial charge in [-0.15, -0.1) is 0 Å². The Balaban J connectivity index is 0. The largest absolute Gasteiger partial charge is 0.303 e. The van der Waals surface area contributed by atoms with E-state index < -0.39 is 12.5 Å². The maximum Gasteiger partial charge on any atom is 0.130 e. The summed E-state index contributed by atoms with van der Waals surface area (Å²) in [5, 5.41) is 2.96. The third kappa shape index (κ3) is 27.3. The highest BCUT2D eigenvalue weighted by atomic mass is 79.9. The maximum absolute atomic E-state index is 9.60. The molecule has 0 aliphatic carbocycles. The van der Waals surface area contributed by atoms with Crippen LogP contribution in [0.2, 0.25) is 0 Å². The molecule has 0 bridgehead atoms. The number of azide groups is 1. The van der Waals surface area contributed by atoms with E-state index in [1.165, 1.54) is 0 Å². The zero-order valence-corrected chi connectivity index (χ0v) is 6.54. The Bertz CT molecular complexity index is 204. The Morgan fingerprint density at radius 2 is 2.20 bits per heavy atom. The van der Waals surface area contributed by atoms with E-state index in [1.807, 2.05) is 0 Å². The van der Waals surface area contributed by atoms with Gasteiger partial charge in [-0.25, -0.2) is 0 Å². The van der Waals surface area contributed by atoms with E-state index in [0.717, 1.165) is 0 Å². The van der Waals surface area contributed by atoms with Gasteiger partial charge >= 0.3 is 0 Å². The topological polar surface area (TPSA) is 82.9 Å². The molecule has 0 aromatic carbocycles. The SMILES string of the molecule is [2H]C(=O)CBr.[2H]C(=O)CN=[N+]=[N-]. The number of carbonyl (C=O) groups excluding carboxylic acids is 2. The maximum atomic E-state index is 9.60. The molecule has 0 heterocycles. The standard InChI is InChI=1S/C2H3BrO.C2H3N3O/c3-1-2-4;3-5-4-1-2-6/h2H,1H2;2H,1H2/i2*2D. The smallest absolute Gasteiger partial charge is 0.130 e. The lowest BCUT2D eigenvalue weighted by Crippen LogP contribution is -1.72. The van der Waals surface area contributed by atoms with Crippen LogP contribution in [0.15, 0.2) is 5.11 Å². The van der Waals surface area contributed by atoms with E-state index in [0.29, 0.717) is 0 Å². The average Bonchev–Trinajstić information content (AvgIpc) is 2.02. The molecule has 0 saturated heterocycles. The number of carbonyl (C=O) groups is 2. The third-order valence-corrected chi connectivity index (χ3v) is 0.482. The van der Waals surface area contributed by atoms with Gasteiger partial charge in [-0.2, -0.15) is 0 Å². The van der Waals surface area contributed by atoms with Gasteiger partial charge in [-0.3, -0.25) is 0 Å². The highest BCUT2D eigenvalue weighted by molar-refractivity contribution is 9.09. The van der Waals surface area contributed by atoms with Crippen LogP contribution in [0.3, 0.4) is 0 Å². The Labute approximate surface area is 69.0 Å². The fourth-order valence-electron chi connectivity index (χ4n) is 0.0605. The molecule has 0 unspecified atom stereocenters. The fourth-order valence-corrected chi connectivity index (χ4v) is 0.0605. The van der Waals surface area contributed by atoms with Crippen LogP contribution in [0, 0.1) is 0 Å². The highest BCUT2D eigenvalue weighted by Gasteiger charge is 1.63. The summed E-state index contributed by atoms with van der Waals surface area (Å²) in [5.41, 5.74) is 7.54. The van der Waals surface area contributed by atoms with E-state index in [1.54, 1.807) is 0 Å². The molecule has 0 saturated carbocycles. The van der Waals surface area contributed by atoms with Crippen LogP contribution in [-0.2, 0) is 9.59 Å². The van der Waals surface area contributed by atoms with E-state index in [2.05, 4.69) is 26.0 Å². The second-order valence-electron chi connectivity index (χ2n) is 0.811. The van der Waals surface area contributed by atoms with Gasteiger partial charge in [0, 0.05) is 4.91 Å². The minimum Gasteiger partial charge on any atom is -0.303 e. The van der Waals surface area contributed by atoms with Crippen LogP contribution in [-0.4, -0.2) is 24.4 Å². The molecule has 0 aromatic heterocycles. The summed E-state index contributed by atoms with van der Waals surface area (Å²) in [7, 11) is 0. The molecule has 5 nitrogen and oxygen atoms in total. The molecule has 0 amide bonds. The molecule has 0 fully saturated rings. The Hall–Kier alpha value is -0.870. The number of nitrogens with zero attached hydrogens (tertiary/aromatic N) is 3. The van der Waals surface area contributed by atoms with Crippen molar-refractivity contribution in [3.63, 3.8) is 0 Å². The summed E-state index contributed by atoms with van der Waals surface area (Å²) < 4.78 is 12.3. The van der Waals surface area contributed by atoms with Crippen LogP contribution in [0.1, 0.15) is 2.74 Å². The van der Waals surface area contributed by atoms with Crippen LogP contribution >= 0.6 is 15.9 Å². The van der Waals surface area contributed by atoms with Gasteiger partial charge in [0.15, 0.2) is 0 Å². The number of alkyl halides is 1. The molecule has 6 heteroatoms. The van der Waals surface area contributed by atoms with Gasteiger partial charge in [-0.05, 0) is 5.53 Å². The minimum absolute atomic E-state index is 0.146. The van der Waals surface area contributed by atoms with E-state index in [9.17, 15) is 9.59 Å². The average molecular weight is 210 g/mol. The number of hydrogen-bond acceptors (Lipinski definition) is 3. The van der Waals surface area contributed by atoms with Crippen molar-refractivity contribution < 1.29 is 12.3 Å². The van der Waals surface area contributed by atoms with Crippen molar-refractivity contribution in [2.75, 3.05) is 11.9 Å². The fraction of sp³-hybridized carbons (Fsp3) is 0.500. The van der Waals surface area contributed by atoms with Crippen LogP contribution in [0.4, 0.5) is 0 Å². The Kier molecular flexibility index (Phi) is 11.4. The predicted molar refractivity (Wildman–Crippen MR) is 39.9 cm³/mol. The van der Waals surface area contributed by atoms with Crippen molar-refractivity contribution in [1.29, 1.82) is 0 Å². The first-order valence-electron chi connectivity index (χ1n) is 3.10. The zero-order chi connectivity index (χ0) is 9.98. The third-order valence-electron chi connectivity index (χ3n) is 0.253. The van der Waals surface area contributed by atoms with Crippen molar-refractivity contribution >= 4 is 28.5 Å². The van der Waals surface area contributed by atoms with E-state index in [-0.39, 0.29) is 11.9 Å². The van der Waals surface area contributed by atoms with Gasteiger partial charge in [0.2, 0.25) is 0 Å². The second-order valence-corrected chi connectivity index (χ2v) is 1.37. The number of hydrogen-bond donors (Lipinski definition) is 0. The lowest BCUT2D eigenvalue weighted by atomic mass is 10.8. The molecular formula is C4H6BrN3O2. The van der Waals surface area contributed by atoms with Crippen molar-refractivity contribution in [2.24, 2.45) is 5.11 Å². The summed E-state index contributed by atoms with van der Waals surface area (Å²) in [6.45, 7) is -0.365.